The number of hydrogen-bond donors (Lipinski definition) is 0. The van der Waals surface area contributed by atoms with E-state index in [0.717, 1.165) is 25.2 Å². The number of rotatable bonds is 5. The fourth-order valence-electron chi connectivity index (χ4n) is 1.31. The summed E-state index contributed by atoms with van der Waals surface area (Å²) in [7, 11) is 0. The molecule has 1 fully saturated rings. The van der Waals surface area contributed by atoms with Crippen molar-refractivity contribution in [2.45, 2.75) is 32.5 Å². The molecule has 0 saturated carbocycles. The molecular formula is C11H18O3. The van der Waals surface area contributed by atoms with Gasteiger partial charge in [-0.2, -0.15) is 0 Å². The number of ether oxygens (including phenoxy) is 3. The first kappa shape index (κ1) is 11.3. The predicted octanol–water partition coefficient (Wildman–Crippen LogP) is 2.59. The van der Waals surface area contributed by atoms with E-state index in [-0.39, 0.29) is 6.29 Å². The molecule has 1 atom stereocenters. The SMILES string of the molecule is C=CO/C(=C\C)COC1CCCCO1. The molecule has 0 bridgehead atoms. The van der Waals surface area contributed by atoms with Crippen molar-refractivity contribution in [3.63, 3.8) is 0 Å². The molecule has 3 heteroatoms. The molecule has 0 aromatic heterocycles. The Bertz CT molecular complexity index is 193. The summed E-state index contributed by atoms with van der Waals surface area (Å²) in [5.74, 6) is 0.772. The van der Waals surface area contributed by atoms with E-state index in [1.807, 2.05) is 13.0 Å². The van der Waals surface area contributed by atoms with Crippen molar-refractivity contribution in [3.05, 3.63) is 24.7 Å². The monoisotopic (exact) mass is 198 g/mol. The van der Waals surface area contributed by atoms with Crippen LogP contribution in [0.4, 0.5) is 0 Å². The van der Waals surface area contributed by atoms with E-state index in [9.17, 15) is 0 Å². The second-order valence-corrected chi connectivity index (χ2v) is 3.15. The lowest BCUT2D eigenvalue weighted by molar-refractivity contribution is -0.160. The van der Waals surface area contributed by atoms with E-state index in [1.165, 1.54) is 12.7 Å². The summed E-state index contributed by atoms with van der Waals surface area (Å²) in [5, 5.41) is 0. The Hall–Kier alpha value is -0.800. The highest BCUT2D eigenvalue weighted by atomic mass is 16.7. The zero-order valence-corrected chi connectivity index (χ0v) is 8.70. The molecule has 0 aliphatic carbocycles. The molecule has 1 aliphatic heterocycles. The minimum atomic E-state index is -0.0629. The zero-order valence-electron chi connectivity index (χ0n) is 8.70. The van der Waals surface area contributed by atoms with Crippen molar-refractivity contribution >= 4 is 0 Å². The molecule has 0 spiro atoms. The maximum absolute atomic E-state index is 5.53. The third-order valence-corrected chi connectivity index (χ3v) is 2.11. The second kappa shape index (κ2) is 6.62. The van der Waals surface area contributed by atoms with Gasteiger partial charge in [0, 0.05) is 6.61 Å². The molecule has 0 N–H and O–H groups in total. The topological polar surface area (TPSA) is 27.7 Å². The molecule has 80 valence electrons. The number of hydrogen-bond acceptors (Lipinski definition) is 3. The van der Waals surface area contributed by atoms with Crippen LogP contribution in [0.15, 0.2) is 24.7 Å². The molecular weight excluding hydrogens is 180 g/mol. The highest BCUT2D eigenvalue weighted by Gasteiger charge is 2.14. The van der Waals surface area contributed by atoms with Gasteiger partial charge < -0.3 is 14.2 Å². The van der Waals surface area contributed by atoms with Crippen LogP contribution in [0.3, 0.4) is 0 Å². The van der Waals surface area contributed by atoms with Gasteiger partial charge in [-0.25, -0.2) is 0 Å². The fraction of sp³-hybridized carbons (Fsp3) is 0.636. The Labute approximate surface area is 85.3 Å². The van der Waals surface area contributed by atoms with Crippen molar-refractivity contribution < 1.29 is 14.2 Å². The molecule has 0 amide bonds. The smallest absolute Gasteiger partial charge is 0.158 e. The molecule has 1 rings (SSSR count). The van der Waals surface area contributed by atoms with Gasteiger partial charge in [0.1, 0.15) is 12.4 Å². The highest BCUT2D eigenvalue weighted by molar-refractivity contribution is 4.92. The number of allylic oxidation sites excluding steroid dienone is 1. The highest BCUT2D eigenvalue weighted by Crippen LogP contribution is 2.14. The van der Waals surface area contributed by atoms with Gasteiger partial charge in [-0.1, -0.05) is 6.58 Å². The van der Waals surface area contributed by atoms with Gasteiger partial charge in [0.15, 0.2) is 6.29 Å². The van der Waals surface area contributed by atoms with E-state index in [1.54, 1.807) is 0 Å². The van der Waals surface area contributed by atoms with Crippen LogP contribution in [-0.4, -0.2) is 19.5 Å². The fourth-order valence-corrected chi connectivity index (χ4v) is 1.31. The Morgan fingerprint density at radius 3 is 3.00 bits per heavy atom. The van der Waals surface area contributed by atoms with Crippen molar-refractivity contribution in [1.82, 2.24) is 0 Å². The standard InChI is InChI=1S/C11H18O3/c1-3-10(12-4-2)9-14-11-7-5-6-8-13-11/h3-4,11H,2,5-9H2,1H3/b10-3-. The minimum absolute atomic E-state index is 0.0629. The van der Waals surface area contributed by atoms with Gasteiger partial charge in [-0.05, 0) is 32.3 Å². The quantitative estimate of drug-likeness (QED) is 0.635. The molecule has 0 radical (unpaired) electrons. The summed E-state index contributed by atoms with van der Waals surface area (Å²) in [6.45, 7) is 6.66. The summed E-state index contributed by atoms with van der Waals surface area (Å²) in [5.41, 5.74) is 0. The average Bonchev–Trinajstić information content (AvgIpc) is 2.25. The van der Waals surface area contributed by atoms with Crippen molar-refractivity contribution in [2.24, 2.45) is 0 Å². The van der Waals surface area contributed by atoms with E-state index in [4.69, 9.17) is 14.2 Å². The third-order valence-electron chi connectivity index (χ3n) is 2.11. The van der Waals surface area contributed by atoms with Crippen LogP contribution < -0.4 is 0 Å². The van der Waals surface area contributed by atoms with Gasteiger partial charge in [-0.15, -0.1) is 0 Å². The average molecular weight is 198 g/mol. The van der Waals surface area contributed by atoms with Gasteiger partial charge >= 0.3 is 0 Å². The first-order chi connectivity index (χ1) is 6.86. The van der Waals surface area contributed by atoms with Crippen LogP contribution in [0.2, 0.25) is 0 Å². The summed E-state index contributed by atoms with van der Waals surface area (Å²) < 4.78 is 16.1. The third kappa shape index (κ3) is 3.94. The molecule has 3 nitrogen and oxygen atoms in total. The summed E-state index contributed by atoms with van der Waals surface area (Å²) in [6.07, 6.45) is 6.50. The van der Waals surface area contributed by atoms with Crippen LogP contribution in [0.1, 0.15) is 26.2 Å². The van der Waals surface area contributed by atoms with E-state index in [2.05, 4.69) is 6.58 Å². The molecule has 1 unspecified atom stereocenters. The van der Waals surface area contributed by atoms with Crippen LogP contribution in [0, 0.1) is 0 Å². The Morgan fingerprint density at radius 1 is 1.57 bits per heavy atom. The zero-order chi connectivity index (χ0) is 10.2. The first-order valence-electron chi connectivity index (χ1n) is 5.02. The van der Waals surface area contributed by atoms with Gasteiger partial charge in [0.2, 0.25) is 0 Å². The normalized spacial score (nSPS) is 23.2. The van der Waals surface area contributed by atoms with Crippen molar-refractivity contribution in [3.8, 4) is 0 Å². The largest absolute Gasteiger partial charge is 0.468 e. The second-order valence-electron chi connectivity index (χ2n) is 3.15. The molecule has 1 saturated heterocycles. The Kier molecular flexibility index (Phi) is 5.33. The van der Waals surface area contributed by atoms with E-state index in [0.29, 0.717) is 6.61 Å². The molecule has 14 heavy (non-hydrogen) atoms. The van der Waals surface area contributed by atoms with E-state index < -0.39 is 0 Å². The first-order valence-corrected chi connectivity index (χ1v) is 5.02. The summed E-state index contributed by atoms with van der Waals surface area (Å²) in [6, 6.07) is 0. The summed E-state index contributed by atoms with van der Waals surface area (Å²) in [4.78, 5) is 0. The Morgan fingerprint density at radius 2 is 2.43 bits per heavy atom. The van der Waals surface area contributed by atoms with Crippen LogP contribution in [0.5, 0.6) is 0 Å². The lowest BCUT2D eigenvalue weighted by Gasteiger charge is -2.22. The Balaban J connectivity index is 2.20. The molecule has 0 aromatic carbocycles. The van der Waals surface area contributed by atoms with Crippen molar-refractivity contribution in [2.75, 3.05) is 13.2 Å². The van der Waals surface area contributed by atoms with Gasteiger partial charge in [-0.3, -0.25) is 0 Å². The summed E-state index contributed by atoms with van der Waals surface area (Å²) >= 11 is 0. The van der Waals surface area contributed by atoms with E-state index >= 15 is 0 Å². The molecule has 1 aliphatic rings. The van der Waals surface area contributed by atoms with Crippen LogP contribution in [-0.2, 0) is 14.2 Å². The van der Waals surface area contributed by atoms with Crippen LogP contribution >= 0.6 is 0 Å². The molecule has 1 heterocycles. The predicted molar refractivity (Wildman–Crippen MR) is 54.6 cm³/mol. The van der Waals surface area contributed by atoms with Gasteiger partial charge in [0.25, 0.3) is 0 Å². The maximum Gasteiger partial charge on any atom is 0.158 e. The molecule has 0 aromatic rings. The van der Waals surface area contributed by atoms with Crippen LogP contribution in [0.25, 0.3) is 0 Å². The van der Waals surface area contributed by atoms with Gasteiger partial charge in [0.05, 0.1) is 6.26 Å². The maximum atomic E-state index is 5.53. The van der Waals surface area contributed by atoms with Crippen molar-refractivity contribution in [1.29, 1.82) is 0 Å². The lowest BCUT2D eigenvalue weighted by atomic mass is 10.2. The minimum Gasteiger partial charge on any atom is -0.468 e. The lowest BCUT2D eigenvalue weighted by Crippen LogP contribution is -2.23.